The molecule has 0 saturated carbocycles. The zero-order valence-electron chi connectivity index (χ0n) is 9.75. The summed E-state index contributed by atoms with van der Waals surface area (Å²) >= 11 is 0. The van der Waals surface area contributed by atoms with Crippen molar-refractivity contribution in [2.45, 2.75) is 13.8 Å². The maximum absolute atomic E-state index is 5.63. The summed E-state index contributed by atoms with van der Waals surface area (Å²) in [6.07, 6.45) is 1.68. The van der Waals surface area contributed by atoms with Gasteiger partial charge in [0.05, 0.1) is 11.9 Å². The fraction of sp³-hybridized carbons (Fsp3) is 0.545. The molecule has 0 fully saturated rings. The van der Waals surface area contributed by atoms with Crippen molar-refractivity contribution < 1.29 is 0 Å². The summed E-state index contributed by atoms with van der Waals surface area (Å²) in [4.78, 5) is 6.50. The van der Waals surface area contributed by atoms with Crippen LogP contribution in [0.5, 0.6) is 0 Å². The van der Waals surface area contributed by atoms with Crippen LogP contribution in [0.1, 0.15) is 12.5 Å². The van der Waals surface area contributed by atoms with E-state index in [9.17, 15) is 0 Å². The Balaban J connectivity index is 2.44. The molecule has 0 amide bonds. The van der Waals surface area contributed by atoms with E-state index in [2.05, 4.69) is 29.2 Å². The van der Waals surface area contributed by atoms with Crippen molar-refractivity contribution in [2.24, 2.45) is 0 Å². The molecule has 1 rings (SSSR count). The minimum atomic E-state index is 0.712. The molecule has 15 heavy (non-hydrogen) atoms. The molecule has 0 atom stereocenters. The summed E-state index contributed by atoms with van der Waals surface area (Å²) in [5, 5.41) is 3.30. The highest BCUT2D eigenvalue weighted by Gasteiger charge is 2.00. The first kappa shape index (κ1) is 11.8. The molecule has 0 bridgehead atoms. The summed E-state index contributed by atoms with van der Waals surface area (Å²) in [5.74, 6) is 0.925. The van der Waals surface area contributed by atoms with Crippen LogP contribution in [0.25, 0.3) is 0 Å². The number of nitrogen functional groups attached to an aromatic ring is 1. The third-order valence-electron chi connectivity index (χ3n) is 2.43. The van der Waals surface area contributed by atoms with Gasteiger partial charge in [-0.15, -0.1) is 0 Å². The molecule has 0 saturated heterocycles. The van der Waals surface area contributed by atoms with Gasteiger partial charge in [0.15, 0.2) is 0 Å². The molecule has 1 heterocycles. The van der Waals surface area contributed by atoms with E-state index in [0.29, 0.717) is 5.69 Å². The number of hydrogen-bond donors (Lipinski definition) is 2. The Kier molecular flexibility index (Phi) is 4.37. The number of likely N-dealkylation sites (N-methyl/N-ethyl adjacent to an activating group) is 1. The van der Waals surface area contributed by atoms with Gasteiger partial charge in [-0.1, -0.05) is 6.92 Å². The Labute approximate surface area is 91.5 Å². The van der Waals surface area contributed by atoms with Crippen LogP contribution in [0.3, 0.4) is 0 Å². The van der Waals surface area contributed by atoms with Crippen molar-refractivity contribution in [1.29, 1.82) is 0 Å². The fourth-order valence-electron chi connectivity index (χ4n) is 1.30. The number of aromatic nitrogens is 1. The Bertz CT molecular complexity index is 311. The molecule has 0 aliphatic heterocycles. The van der Waals surface area contributed by atoms with Gasteiger partial charge >= 0.3 is 0 Å². The number of aryl methyl sites for hydroxylation is 1. The van der Waals surface area contributed by atoms with Gasteiger partial charge in [-0.25, -0.2) is 4.98 Å². The Morgan fingerprint density at radius 2 is 2.27 bits per heavy atom. The van der Waals surface area contributed by atoms with Crippen LogP contribution in [0.2, 0.25) is 0 Å². The monoisotopic (exact) mass is 208 g/mol. The van der Waals surface area contributed by atoms with Crippen LogP contribution in [0.15, 0.2) is 12.3 Å². The smallest absolute Gasteiger partial charge is 0.129 e. The summed E-state index contributed by atoms with van der Waals surface area (Å²) in [7, 11) is 2.10. The van der Waals surface area contributed by atoms with Crippen molar-refractivity contribution in [3.05, 3.63) is 17.8 Å². The lowest BCUT2D eigenvalue weighted by Gasteiger charge is -2.15. The van der Waals surface area contributed by atoms with E-state index in [1.165, 1.54) is 0 Å². The number of hydrogen-bond acceptors (Lipinski definition) is 4. The number of nitrogens with one attached hydrogen (secondary N) is 1. The largest absolute Gasteiger partial charge is 0.397 e. The zero-order chi connectivity index (χ0) is 11.3. The average Bonchev–Trinajstić information content (AvgIpc) is 2.21. The lowest BCUT2D eigenvalue weighted by Crippen LogP contribution is -2.25. The van der Waals surface area contributed by atoms with Crippen LogP contribution < -0.4 is 11.1 Å². The molecule has 4 heteroatoms. The van der Waals surface area contributed by atoms with Crippen molar-refractivity contribution in [2.75, 3.05) is 37.7 Å². The fourth-order valence-corrected chi connectivity index (χ4v) is 1.30. The molecule has 0 radical (unpaired) electrons. The maximum Gasteiger partial charge on any atom is 0.129 e. The third kappa shape index (κ3) is 3.75. The molecule has 0 spiro atoms. The van der Waals surface area contributed by atoms with Crippen molar-refractivity contribution >= 4 is 11.5 Å². The first-order chi connectivity index (χ1) is 7.13. The van der Waals surface area contributed by atoms with E-state index < -0.39 is 0 Å². The highest BCUT2D eigenvalue weighted by Crippen LogP contribution is 2.13. The van der Waals surface area contributed by atoms with E-state index in [0.717, 1.165) is 31.0 Å². The lowest BCUT2D eigenvalue weighted by atomic mass is 10.2. The highest BCUT2D eigenvalue weighted by molar-refractivity contribution is 5.50. The van der Waals surface area contributed by atoms with Crippen molar-refractivity contribution in [3.8, 4) is 0 Å². The van der Waals surface area contributed by atoms with Crippen LogP contribution >= 0.6 is 0 Å². The number of pyridine rings is 1. The topological polar surface area (TPSA) is 54.2 Å². The predicted molar refractivity (Wildman–Crippen MR) is 65.0 cm³/mol. The SMILES string of the molecule is CCN(C)CCNc1ncc(N)cc1C. The molecule has 84 valence electrons. The number of rotatable bonds is 5. The standard InChI is InChI=1S/C11H20N4/c1-4-15(3)6-5-13-11-9(2)7-10(12)8-14-11/h7-8H,4-6,12H2,1-3H3,(H,13,14). The molecule has 3 N–H and O–H groups in total. The molecule has 0 unspecified atom stereocenters. The molecule has 1 aromatic rings. The number of nitrogens with two attached hydrogens (primary N) is 1. The van der Waals surface area contributed by atoms with Crippen molar-refractivity contribution in [1.82, 2.24) is 9.88 Å². The van der Waals surface area contributed by atoms with Gasteiger partial charge in [0.2, 0.25) is 0 Å². The summed E-state index contributed by atoms with van der Waals surface area (Å²) in [6, 6.07) is 1.93. The number of anilines is 2. The Morgan fingerprint density at radius 3 is 2.87 bits per heavy atom. The summed E-state index contributed by atoms with van der Waals surface area (Å²) in [5.41, 5.74) is 7.43. The zero-order valence-corrected chi connectivity index (χ0v) is 9.75. The quantitative estimate of drug-likeness (QED) is 0.766. The minimum Gasteiger partial charge on any atom is -0.397 e. The summed E-state index contributed by atoms with van der Waals surface area (Å²) < 4.78 is 0. The van der Waals surface area contributed by atoms with E-state index in [1.807, 2.05) is 13.0 Å². The third-order valence-corrected chi connectivity index (χ3v) is 2.43. The van der Waals surface area contributed by atoms with Gasteiger partial charge < -0.3 is 16.0 Å². The van der Waals surface area contributed by atoms with Gasteiger partial charge in [0.25, 0.3) is 0 Å². The van der Waals surface area contributed by atoms with Crippen LogP contribution in [-0.4, -0.2) is 36.6 Å². The van der Waals surface area contributed by atoms with Gasteiger partial charge in [0.1, 0.15) is 5.82 Å². The molecule has 0 aliphatic rings. The number of nitrogens with zero attached hydrogens (tertiary/aromatic N) is 2. The molecular weight excluding hydrogens is 188 g/mol. The molecule has 0 aromatic carbocycles. The first-order valence-corrected chi connectivity index (χ1v) is 5.28. The molecule has 0 aliphatic carbocycles. The maximum atomic E-state index is 5.63. The lowest BCUT2D eigenvalue weighted by molar-refractivity contribution is 0.367. The van der Waals surface area contributed by atoms with Gasteiger partial charge in [-0.3, -0.25) is 0 Å². The Morgan fingerprint density at radius 1 is 1.53 bits per heavy atom. The molecular formula is C11H20N4. The minimum absolute atomic E-state index is 0.712. The first-order valence-electron chi connectivity index (χ1n) is 5.28. The molecule has 1 aromatic heterocycles. The van der Waals surface area contributed by atoms with E-state index in [1.54, 1.807) is 6.20 Å². The second-order valence-electron chi connectivity index (χ2n) is 3.76. The van der Waals surface area contributed by atoms with Gasteiger partial charge in [-0.05, 0) is 32.1 Å². The molecule has 4 nitrogen and oxygen atoms in total. The predicted octanol–water partition coefficient (Wildman–Crippen LogP) is 1.34. The van der Waals surface area contributed by atoms with E-state index in [4.69, 9.17) is 5.73 Å². The second kappa shape index (κ2) is 5.56. The summed E-state index contributed by atoms with van der Waals surface area (Å²) in [6.45, 7) is 7.14. The van der Waals surface area contributed by atoms with Crippen LogP contribution in [-0.2, 0) is 0 Å². The van der Waals surface area contributed by atoms with Crippen molar-refractivity contribution in [3.63, 3.8) is 0 Å². The van der Waals surface area contributed by atoms with Crippen LogP contribution in [0, 0.1) is 6.92 Å². The second-order valence-corrected chi connectivity index (χ2v) is 3.76. The van der Waals surface area contributed by atoms with Crippen LogP contribution in [0.4, 0.5) is 11.5 Å². The Hall–Kier alpha value is -1.29. The average molecular weight is 208 g/mol. The van der Waals surface area contributed by atoms with E-state index >= 15 is 0 Å². The highest BCUT2D eigenvalue weighted by atomic mass is 15.1. The van der Waals surface area contributed by atoms with Gasteiger partial charge in [-0.2, -0.15) is 0 Å². The van der Waals surface area contributed by atoms with E-state index in [-0.39, 0.29) is 0 Å². The normalized spacial score (nSPS) is 10.7. The van der Waals surface area contributed by atoms with Gasteiger partial charge in [0, 0.05) is 13.1 Å².